The SMILES string of the molecule is O=C(C(c1ccccc1)c1ccccc1)N1CCC2(CC1)SCCN2C(=O)c1ccc(Cl)cc1. The minimum atomic E-state index is -0.320. The molecule has 6 heteroatoms. The van der Waals surface area contributed by atoms with Gasteiger partial charge < -0.3 is 9.80 Å². The van der Waals surface area contributed by atoms with Gasteiger partial charge in [-0.25, -0.2) is 0 Å². The Morgan fingerprint density at radius 1 is 0.794 bits per heavy atom. The maximum Gasteiger partial charge on any atom is 0.254 e. The number of piperidine rings is 1. The first-order valence-electron chi connectivity index (χ1n) is 11.7. The number of likely N-dealkylation sites (tertiary alicyclic amines) is 1. The summed E-state index contributed by atoms with van der Waals surface area (Å²) in [5, 5.41) is 0.625. The van der Waals surface area contributed by atoms with Crippen LogP contribution in [0, 0.1) is 0 Å². The summed E-state index contributed by atoms with van der Waals surface area (Å²) in [7, 11) is 0. The molecule has 174 valence electrons. The summed E-state index contributed by atoms with van der Waals surface area (Å²) in [5.41, 5.74) is 2.68. The highest BCUT2D eigenvalue weighted by atomic mass is 35.5. The monoisotopic (exact) mass is 490 g/mol. The van der Waals surface area contributed by atoms with E-state index in [0.717, 1.165) is 36.3 Å². The fourth-order valence-corrected chi connectivity index (χ4v) is 6.67. The number of hydrogen-bond acceptors (Lipinski definition) is 3. The summed E-state index contributed by atoms with van der Waals surface area (Å²) in [4.78, 5) is 30.9. The van der Waals surface area contributed by atoms with Gasteiger partial charge in [-0.15, -0.1) is 11.8 Å². The molecular weight excluding hydrogens is 464 g/mol. The van der Waals surface area contributed by atoms with Gasteiger partial charge >= 0.3 is 0 Å². The van der Waals surface area contributed by atoms with Crippen LogP contribution < -0.4 is 0 Å². The van der Waals surface area contributed by atoms with Crippen molar-refractivity contribution in [3.8, 4) is 0 Å². The van der Waals surface area contributed by atoms with Crippen LogP contribution >= 0.6 is 23.4 Å². The van der Waals surface area contributed by atoms with E-state index in [1.807, 2.05) is 82.2 Å². The van der Waals surface area contributed by atoms with Crippen LogP contribution in [-0.4, -0.2) is 51.9 Å². The topological polar surface area (TPSA) is 40.6 Å². The molecule has 0 radical (unpaired) electrons. The quantitative estimate of drug-likeness (QED) is 0.472. The minimum Gasteiger partial charge on any atom is -0.342 e. The molecule has 3 aromatic carbocycles. The molecule has 4 nitrogen and oxygen atoms in total. The molecular formula is C28H27ClN2O2S. The van der Waals surface area contributed by atoms with Crippen LogP contribution in [-0.2, 0) is 4.79 Å². The van der Waals surface area contributed by atoms with Gasteiger partial charge in [0.1, 0.15) is 0 Å². The molecule has 34 heavy (non-hydrogen) atoms. The molecule has 3 aromatic rings. The lowest BCUT2D eigenvalue weighted by atomic mass is 9.89. The average molecular weight is 491 g/mol. The first-order valence-corrected chi connectivity index (χ1v) is 13.0. The number of rotatable bonds is 4. The fourth-order valence-electron chi connectivity index (χ4n) is 5.09. The van der Waals surface area contributed by atoms with E-state index in [2.05, 4.69) is 0 Å². The molecule has 0 saturated carbocycles. The van der Waals surface area contributed by atoms with Gasteiger partial charge in [0.05, 0.1) is 10.8 Å². The van der Waals surface area contributed by atoms with Crippen molar-refractivity contribution in [2.75, 3.05) is 25.4 Å². The van der Waals surface area contributed by atoms with E-state index in [4.69, 9.17) is 11.6 Å². The Hall–Kier alpha value is -2.76. The second-order valence-corrected chi connectivity index (χ2v) is 10.7. The van der Waals surface area contributed by atoms with Crippen molar-refractivity contribution in [3.05, 3.63) is 107 Å². The highest BCUT2D eigenvalue weighted by molar-refractivity contribution is 8.00. The Morgan fingerprint density at radius 2 is 1.35 bits per heavy atom. The molecule has 2 saturated heterocycles. The number of halogens is 1. The molecule has 0 unspecified atom stereocenters. The number of carbonyl (C=O) groups is 2. The van der Waals surface area contributed by atoms with Crippen LogP contribution in [0.15, 0.2) is 84.9 Å². The first kappa shape index (κ1) is 23.0. The third-order valence-electron chi connectivity index (χ3n) is 6.88. The lowest BCUT2D eigenvalue weighted by Crippen LogP contribution is -2.54. The zero-order valence-electron chi connectivity index (χ0n) is 18.9. The molecule has 2 heterocycles. The van der Waals surface area contributed by atoms with E-state index in [0.29, 0.717) is 23.7 Å². The Bertz CT molecular complexity index is 1110. The number of carbonyl (C=O) groups excluding carboxylic acids is 2. The predicted octanol–water partition coefficient (Wildman–Crippen LogP) is 5.68. The Morgan fingerprint density at radius 3 is 1.91 bits per heavy atom. The lowest BCUT2D eigenvalue weighted by Gasteiger charge is -2.44. The number of benzene rings is 3. The molecule has 5 rings (SSSR count). The second-order valence-electron chi connectivity index (χ2n) is 8.84. The molecule has 2 fully saturated rings. The number of hydrogen-bond donors (Lipinski definition) is 0. The molecule has 1 spiro atoms. The van der Waals surface area contributed by atoms with Gasteiger partial charge in [0, 0.05) is 36.0 Å². The molecule has 0 N–H and O–H groups in total. The Balaban J connectivity index is 1.34. The van der Waals surface area contributed by atoms with E-state index in [9.17, 15) is 9.59 Å². The Kier molecular flexibility index (Phi) is 6.66. The zero-order valence-corrected chi connectivity index (χ0v) is 20.5. The maximum absolute atomic E-state index is 13.8. The Labute approximate surface area is 209 Å². The second kappa shape index (κ2) is 9.85. The van der Waals surface area contributed by atoms with Crippen LogP contribution in [0.3, 0.4) is 0 Å². The van der Waals surface area contributed by atoms with Gasteiger partial charge in [0.15, 0.2) is 0 Å². The van der Waals surface area contributed by atoms with E-state index in [1.54, 1.807) is 24.3 Å². The smallest absolute Gasteiger partial charge is 0.254 e. The van der Waals surface area contributed by atoms with Crippen molar-refractivity contribution in [1.82, 2.24) is 9.80 Å². The van der Waals surface area contributed by atoms with Crippen molar-refractivity contribution in [3.63, 3.8) is 0 Å². The molecule has 0 aliphatic carbocycles. The molecule has 0 aromatic heterocycles. The van der Waals surface area contributed by atoms with E-state index < -0.39 is 0 Å². The normalized spacial score (nSPS) is 17.4. The molecule has 0 atom stereocenters. The summed E-state index contributed by atoms with van der Waals surface area (Å²) < 4.78 is 0. The summed E-state index contributed by atoms with van der Waals surface area (Å²) in [6.45, 7) is 2.02. The van der Waals surface area contributed by atoms with Gasteiger partial charge in [-0.1, -0.05) is 72.3 Å². The van der Waals surface area contributed by atoms with E-state index in [1.165, 1.54) is 0 Å². The van der Waals surface area contributed by atoms with Gasteiger partial charge in [-0.05, 0) is 48.2 Å². The van der Waals surface area contributed by atoms with Gasteiger partial charge in [0.2, 0.25) is 5.91 Å². The third-order valence-corrected chi connectivity index (χ3v) is 8.69. The van der Waals surface area contributed by atoms with Gasteiger partial charge in [-0.2, -0.15) is 0 Å². The molecule has 0 bridgehead atoms. The van der Waals surface area contributed by atoms with Crippen molar-refractivity contribution in [1.29, 1.82) is 0 Å². The molecule has 2 aliphatic rings. The summed E-state index contributed by atoms with van der Waals surface area (Å²) >= 11 is 7.87. The standard InChI is InChI=1S/C28H27ClN2O2S/c29-24-13-11-23(12-14-24)26(32)31-19-20-34-28(31)15-17-30(18-16-28)27(33)25(21-7-3-1-4-8-21)22-9-5-2-6-10-22/h1-14,25H,15-20H2. The fraction of sp³-hybridized carbons (Fsp3) is 0.286. The third kappa shape index (κ3) is 4.47. The number of thioether (sulfide) groups is 1. The van der Waals surface area contributed by atoms with Gasteiger partial charge in [0.25, 0.3) is 5.91 Å². The predicted molar refractivity (Wildman–Crippen MR) is 138 cm³/mol. The van der Waals surface area contributed by atoms with Crippen LogP contribution in [0.2, 0.25) is 5.02 Å². The van der Waals surface area contributed by atoms with Crippen LogP contribution in [0.5, 0.6) is 0 Å². The number of amides is 2. The first-order chi connectivity index (χ1) is 16.6. The van der Waals surface area contributed by atoms with Crippen molar-refractivity contribution in [2.45, 2.75) is 23.6 Å². The summed E-state index contributed by atoms with van der Waals surface area (Å²) in [5.74, 6) is 0.780. The van der Waals surface area contributed by atoms with Crippen molar-refractivity contribution in [2.24, 2.45) is 0 Å². The van der Waals surface area contributed by atoms with E-state index >= 15 is 0 Å². The molecule has 2 aliphatic heterocycles. The molecule has 2 amide bonds. The lowest BCUT2D eigenvalue weighted by molar-refractivity contribution is -0.133. The average Bonchev–Trinajstić information content (AvgIpc) is 3.28. The summed E-state index contributed by atoms with van der Waals surface area (Å²) in [6, 6.07) is 27.1. The van der Waals surface area contributed by atoms with Crippen molar-refractivity contribution >= 4 is 35.2 Å². The zero-order chi connectivity index (χ0) is 23.5. The maximum atomic E-state index is 13.8. The van der Waals surface area contributed by atoms with Gasteiger partial charge in [-0.3, -0.25) is 9.59 Å². The van der Waals surface area contributed by atoms with Crippen LogP contribution in [0.25, 0.3) is 0 Å². The largest absolute Gasteiger partial charge is 0.342 e. The van der Waals surface area contributed by atoms with Crippen LogP contribution in [0.1, 0.15) is 40.2 Å². The van der Waals surface area contributed by atoms with E-state index in [-0.39, 0.29) is 22.6 Å². The highest BCUT2D eigenvalue weighted by Crippen LogP contribution is 2.45. The van der Waals surface area contributed by atoms with Crippen LogP contribution in [0.4, 0.5) is 0 Å². The number of nitrogens with zero attached hydrogens (tertiary/aromatic N) is 2. The minimum absolute atomic E-state index is 0.0490. The van der Waals surface area contributed by atoms with Crippen molar-refractivity contribution < 1.29 is 9.59 Å². The summed E-state index contributed by atoms with van der Waals surface area (Å²) in [6.07, 6.45) is 1.55. The highest BCUT2D eigenvalue weighted by Gasteiger charge is 2.47.